The fraction of sp³-hybridized carbons (Fsp3) is 0.900. The van der Waals surface area contributed by atoms with Crippen molar-refractivity contribution in [3.8, 4) is 0 Å². The van der Waals surface area contributed by atoms with Gasteiger partial charge in [-0.3, -0.25) is 4.79 Å². The molecule has 1 aliphatic heterocycles. The summed E-state index contributed by atoms with van der Waals surface area (Å²) in [4.78, 5) is 10.7. The first-order valence-electron chi connectivity index (χ1n) is 5.15. The van der Waals surface area contributed by atoms with Crippen LogP contribution < -0.4 is 5.32 Å². The molecule has 1 heterocycles. The van der Waals surface area contributed by atoms with E-state index in [0.717, 1.165) is 32.6 Å². The van der Waals surface area contributed by atoms with Crippen molar-refractivity contribution in [2.75, 3.05) is 19.8 Å². The van der Waals surface area contributed by atoms with E-state index in [1.54, 1.807) is 0 Å². The Bertz CT molecular complexity index is 238. The van der Waals surface area contributed by atoms with Gasteiger partial charge in [0, 0.05) is 18.0 Å². The third kappa shape index (κ3) is 1.77. The molecule has 0 aromatic heterocycles. The fourth-order valence-electron chi connectivity index (χ4n) is 1.97. The summed E-state index contributed by atoms with van der Waals surface area (Å²) in [5.41, 5.74) is 0.235. The standard InChI is InChI=1S/C10H17NO3/c1-10(5-14-6-10)4-11-8-3-2-7(8)9(12)13/h7-8,11H,2-6H2,1H3,(H,12,13). The highest BCUT2D eigenvalue weighted by atomic mass is 16.5. The van der Waals surface area contributed by atoms with Crippen LogP contribution in [-0.4, -0.2) is 36.9 Å². The van der Waals surface area contributed by atoms with Crippen molar-refractivity contribution >= 4 is 5.97 Å². The van der Waals surface area contributed by atoms with E-state index in [0.29, 0.717) is 0 Å². The van der Waals surface area contributed by atoms with Crippen LogP contribution in [0, 0.1) is 11.3 Å². The van der Waals surface area contributed by atoms with E-state index < -0.39 is 5.97 Å². The van der Waals surface area contributed by atoms with Crippen LogP contribution in [0.2, 0.25) is 0 Å². The van der Waals surface area contributed by atoms with Crippen molar-refractivity contribution in [2.45, 2.75) is 25.8 Å². The minimum Gasteiger partial charge on any atom is -0.481 e. The minimum atomic E-state index is -0.663. The van der Waals surface area contributed by atoms with E-state index in [1.807, 2.05) is 0 Å². The third-order valence-corrected chi connectivity index (χ3v) is 3.28. The van der Waals surface area contributed by atoms with Gasteiger partial charge in [0.2, 0.25) is 0 Å². The molecule has 1 saturated heterocycles. The molecule has 4 nitrogen and oxygen atoms in total. The molecule has 2 unspecified atom stereocenters. The summed E-state index contributed by atoms with van der Waals surface area (Å²) in [5, 5.41) is 12.2. The quantitative estimate of drug-likeness (QED) is 0.691. The van der Waals surface area contributed by atoms with Crippen LogP contribution in [0.25, 0.3) is 0 Å². The number of rotatable bonds is 4. The molecule has 2 aliphatic rings. The zero-order valence-corrected chi connectivity index (χ0v) is 8.45. The monoisotopic (exact) mass is 199 g/mol. The lowest BCUT2D eigenvalue weighted by Crippen LogP contribution is -2.54. The average Bonchev–Trinajstić information content (AvgIpc) is 1.98. The van der Waals surface area contributed by atoms with Gasteiger partial charge < -0.3 is 15.2 Å². The molecule has 1 aliphatic carbocycles. The Hall–Kier alpha value is -0.610. The predicted molar refractivity (Wildman–Crippen MR) is 51.1 cm³/mol. The molecule has 0 spiro atoms. The van der Waals surface area contributed by atoms with Crippen LogP contribution in [0.1, 0.15) is 19.8 Å². The topological polar surface area (TPSA) is 58.6 Å². The fourth-order valence-corrected chi connectivity index (χ4v) is 1.97. The van der Waals surface area contributed by atoms with E-state index in [1.165, 1.54) is 0 Å². The maximum atomic E-state index is 10.7. The van der Waals surface area contributed by atoms with Gasteiger partial charge in [-0.25, -0.2) is 0 Å². The molecule has 2 rings (SSSR count). The number of hydrogen-bond donors (Lipinski definition) is 2. The van der Waals surface area contributed by atoms with Crippen LogP contribution in [0.3, 0.4) is 0 Å². The summed E-state index contributed by atoms with van der Waals surface area (Å²) in [5.74, 6) is -0.830. The summed E-state index contributed by atoms with van der Waals surface area (Å²) in [6.07, 6.45) is 1.81. The number of carboxylic acid groups (broad SMARTS) is 1. The Morgan fingerprint density at radius 1 is 1.57 bits per heavy atom. The number of carboxylic acids is 1. The molecule has 14 heavy (non-hydrogen) atoms. The zero-order valence-electron chi connectivity index (χ0n) is 8.45. The van der Waals surface area contributed by atoms with E-state index in [2.05, 4.69) is 12.2 Å². The summed E-state index contributed by atoms with van der Waals surface area (Å²) >= 11 is 0. The molecule has 0 amide bonds. The molecule has 0 aromatic carbocycles. The lowest BCUT2D eigenvalue weighted by molar-refractivity contribution is -0.146. The predicted octanol–water partition coefficient (Wildman–Crippen LogP) is 0.476. The van der Waals surface area contributed by atoms with Crippen LogP contribution in [0.4, 0.5) is 0 Å². The van der Waals surface area contributed by atoms with E-state index >= 15 is 0 Å². The van der Waals surface area contributed by atoms with Crippen molar-refractivity contribution in [3.05, 3.63) is 0 Å². The molecule has 0 bridgehead atoms. The summed E-state index contributed by atoms with van der Waals surface area (Å²) < 4.78 is 5.14. The van der Waals surface area contributed by atoms with Crippen molar-refractivity contribution in [1.29, 1.82) is 0 Å². The first-order chi connectivity index (χ1) is 6.61. The lowest BCUT2D eigenvalue weighted by atomic mass is 9.78. The van der Waals surface area contributed by atoms with Gasteiger partial charge in [-0.1, -0.05) is 6.92 Å². The molecule has 0 radical (unpaired) electrons. The molecule has 0 aromatic rings. The first-order valence-corrected chi connectivity index (χ1v) is 5.15. The summed E-state index contributed by atoms with van der Waals surface area (Å²) in [7, 11) is 0. The number of nitrogens with one attached hydrogen (secondary N) is 1. The van der Waals surface area contributed by atoms with Gasteiger partial charge in [0.1, 0.15) is 0 Å². The number of aliphatic carboxylic acids is 1. The summed E-state index contributed by atoms with van der Waals surface area (Å²) in [6, 6.07) is 0.185. The maximum absolute atomic E-state index is 10.7. The van der Waals surface area contributed by atoms with Crippen LogP contribution in [0.5, 0.6) is 0 Å². The van der Waals surface area contributed by atoms with Gasteiger partial charge in [-0.2, -0.15) is 0 Å². The van der Waals surface area contributed by atoms with Crippen molar-refractivity contribution < 1.29 is 14.6 Å². The van der Waals surface area contributed by atoms with E-state index in [-0.39, 0.29) is 17.4 Å². The highest BCUT2D eigenvalue weighted by Crippen LogP contribution is 2.30. The van der Waals surface area contributed by atoms with Gasteiger partial charge in [-0.15, -0.1) is 0 Å². The van der Waals surface area contributed by atoms with E-state index in [4.69, 9.17) is 9.84 Å². The second-order valence-electron chi connectivity index (χ2n) is 4.81. The third-order valence-electron chi connectivity index (χ3n) is 3.28. The SMILES string of the molecule is CC1(CNC2CCC2C(=O)O)COC1. The van der Waals surface area contributed by atoms with Gasteiger partial charge in [0.05, 0.1) is 19.1 Å². The van der Waals surface area contributed by atoms with Crippen molar-refractivity contribution in [1.82, 2.24) is 5.32 Å². The molecule has 2 fully saturated rings. The molecule has 80 valence electrons. The van der Waals surface area contributed by atoms with Gasteiger partial charge >= 0.3 is 5.97 Å². The number of hydrogen-bond acceptors (Lipinski definition) is 3. The molecular formula is C10H17NO3. The second-order valence-corrected chi connectivity index (χ2v) is 4.81. The van der Waals surface area contributed by atoms with Crippen molar-refractivity contribution in [2.24, 2.45) is 11.3 Å². The molecule has 4 heteroatoms. The molecular weight excluding hydrogens is 182 g/mol. The van der Waals surface area contributed by atoms with Crippen LogP contribution >= 0.6 is 0 Å². The lowest BCUT2D eigenvalue weighted by Gasteiger charge is -2.42. The maximum Gasteiger partial charge on any atom is 0.308 e. The Morgan fingerprint density at radius 2 is 2.29 bits per heavy atom. The summed E-state index contributed by atoms with van der Waals surface area (Å²) in [6.45, 7) is 4.63. The first kappa shape index (κ1) is 9.93. The van der Waals surface area contributed by atoms with Crippen LogP contribution in [-0.2, 0) is 9.53 Å². The Kier molecular flexibility index (Phi) is 2.49. The Balaban J connectivity index is 1.73. The Morgan fingerprint density at radius 3 is 2.64 bits per heavy atom. The van der Waals surface area contributed by atoms with Gasteiger partial charge in [0.25, 0.3) is 0 Å². The largest absolute Gasteiger partial charge is 0.481 e. The molecule has 1 saturated carbocycles. The zero-order chi connectivity index (χ0) is 10.2. The van der Waals surface area contributed by atoms with Gasteiger partial charge in [0.15, 0.2) is 0 Å². The highest BCUT2D eigenvalue weighted by molar-refractivity contribution is 5.72. The van der Waals surface area contributed by atoms with Crippen LogP contribution in [0.15, 0.2) is 0 Å². The van der Waals surface area contributed by atoms with Gasteiger partial charge in [-0.05, 0) is 12.8 Å². The normalized spacial score (nSPS) is 34.4. The number of ether oxygens (including phenoxy) is 1. The molecule has 2 N–H and O–H groups in total. The molecule has 2 atom stereocenters. The minimum absolute atomic E-state index is 0.167. The number of carbonyl (C=O) groups is 1. The van der Waals surface area contributed by atoms with Crippen molar-refractivity contribution in [3.63, 3.8) is 0 Å². The average molecular weight is 199 g/mol. The highest BCUT2D eigenvalue weighted by Gasteiger charge is 2.39. The second kappa shape index (κ2) is 3.51. The smallest absolute Gasteiger partial charge is 0.308 e. The van der Waals surface area contributed by atoms with E-state index in [9.17, 15) is 4.79 Å². The Labute approximate surface area is 83.6 Å².